The van der Waals surface area contributed by atoms with Crippen LogP contribution in [0, 0.1) is 0 Å². The Bertz CT molecular complexity index is 348. The molecule has 0 aliphatic heterocycles. The Kier molecular flexibility index (Phi) is 5.85. The number of alkyl halides is 3. The number of benzene rings is 1. The summed E-state index contributed by atoms with van der Waals surface area (Å²) in [6.07, 6.45) is -1.18. The fourth-order valence-electron chi connectivity index (χ4n) is 1.50. The van der Waals surface area contributed by atoms with Gasteiger partial charge in [-0.05, 0) is 30.7 Å². The molecule has 0 N–H and O–H groups in total. The summed E-state index contributed by atoms with van der Waals surface area (Å²) in [6, 6.07) is 6.02. The standard InChI is InChI=1S/C13H17F3OS/c1-3-4-5-10(2)18-12-8-6-11(7-9-12)17-13(14,15)16/h6-10H,3-5H2,1-2H3. The van der Waals surface area contributed by atoms with E-state index in [-0.39, 0.29) is 5.75 Å². The minimum absolute atomic E-state index is 0.173. The third kappa shape index (κ3) is 6.19. The predicted octanol–water partition coefficient (Wildman–Crippen LogP) is 5.26. The quantitative estimate of drug-likeness (QED) is 0.657. The Morgan fingerprint density at radius 1 is 1.22 bits per heavy atom. The van der Waals surface area contributed by atoms with Crippen molar-refractivity contribution in [2.24, 2.45) is 0 Å². The average molecular weight is 278 g/mol. The normalized spacial score (nSPS) is 13.4. The molecule has 0 spiro atoms. The molecule has 0 aliphatic rings. The van der Waals surface area contributed by atoms with Crippen molar-refractivity contribution in [1.29, 1.82) is 0 Å². The van der Waals surface area contributed by atoms with E-state index in [1.54, 1.807) is 23.9 Å². The molecule has 0 heterocycles. The van der Waals surface area contributed by atoms with E-state index in [1.165, 1.54) is 18.6 Å². The highest BCUT2D eigenvalue weighted by Crippen LogP contribution is 2.29. The maximum atomic E-state index is 12.0. The molecule has 102 valence electrons. The lowest BCUT2D eigenvalue weighted by molar-refractivity contribution is -0.274. The van der Waals surface area contributed by atoms with Crippen LogP contribution in [0.4, 0.5) is 13.2 Å². The fraction of sp³-hybridized carbons (Fsp3) is 0.538. The van der Waals surface area contributed by atoms with Crippen LogP contribution < -0.4 is 4.74 Å². The second kappa shape index (κ2) is 6.92. The molecule has 1 nitrogen and oxygen atoms in total. The van der Waals surface area contributed by atoms with E-state index >= 15 is 0 Å². The van der Waals surface area contributed by atoms with Gasteiger partial charge in [-0.2, -0.15) is 0 Å². The zero-order valence-corrected chi connectivity index (χ0v) is 11.3. The van der Waals surface area contributed by atoms with Gasteiger partial charge in [0, 0.05) is 10.1 Å². The molecule has 0 fully saturated rings. The van der Waals surface area contributed by atoms with Gasteiger partial charge in [-0.1, -0.05) is 26.7 Å². The van der Waals surface area contributed by atoms with E-state index in [1.807, 2.05) is 0 Å². The van der Waals surface area contributed by atoms with Crippen LogP contribution in [0.25, 0.3) is 0 Å². The van der Waals surface area contributed by atoms with Gasteiger partial charge >= 0.3 is 6.36 Å². The summed E-state index contributed by atoms with van der Waals surface area (Å²) < 4.78 is 39.7. The summed E-state index contributed by atoms with van der Waals surface area (Å²) in [5, 5.41) is 0.472. The van der Waals surface area contributed by atoms with Crippen molar-refractivity contribution in [1.82, 2.24) is 0 Å². The predicted molar refractivity (Wildman–Crippen MR) is 68.0 cm³/mol. The highest BCUT2D eigenvalue weighted by molar-refractivity contribution is 7.99. The minimum Gasteiger partial charge on any atom is -0.406 e. The van der Waals surface area contributed by atoms with E-state index in [2.05, 4.69) is 18.6 Å². The highest BCUT2D eigenvalue weighted by atomic mass is 32.2. The van der Waals surface area contributed by atoms with Crippen molar-refractivity contribution in [3.8, 4) is 5.75 Å². The lowest BCUT2D eigenvalue weighted by Crippen LogP contribution is -2.16. The molecule has 1 rings (SSSR count). The van der Waals surface area contributed by atoms with Crippen LogP contribution in [0.15, 0.2) is 29.2 Å². The van der Waals surface area contributed by atoms with Gasteiger partial charge in [-0.3, -0.25) is 0 Å². The van der Waals surface area contributed by atoms with Crippen LogP contribution in [-0.4, -0.2) is 11.6 Å². The van der Waals surface area contributed by atoms with Gasteiger partial charge in [0.15, 0.2) is 0 Å². The average Bonchev–Trinajstić information content (AvgIpc) is 2.27. The molecular weight excluding hydrogens is 261 g/mol. The lowest BCUT2D eigenvalue weighted by Gasteiger charge is -2.12. The van der Waals surface area contributed by atoms with E-state index in [9.17, 15) is 13.2 Å². The van der Waals surface area contributed by atoms with Gasteiger partial charge < -0.3 is 4.74 Å². The number of thioether (sulfide) groups is 1. The van der Waals surface area contributed by atoms with E-state index in [0.717, 1.165) is 17.7 Å². The monoisotopic (exact) mass is 278 g/mol. The molecule has 1 aromatic rings. The number of rotatable bonds is 6. The van der Waals surface area contributed by atoms with Crippen LogP contribution in [0.2, 0.25) is 0 Å². The highest BCUT2D eigenvalue weighted by Gasteiger charge is 2.30. The van der Waals surface area contributed by atoms with Crippen LogP contribution in [0.1, 0.15) is 33.1 Å². The lowest BCUT2D eigenvalue weighted by atomic mass is 10.2. The summed E-state index contributed by atoms with van der Waals surface area (Å²) in [4.78, 5) is 0.966. The number of ether oxygens (including phenoxy) is 1. The van der Waals surface area contributed by atoms with Gasteiger partial charge in [0.2, 0.25) is 0 Å². The summed E-state index contributed by atoms with van der Waals surface area (Å²) in [7, 11) is 0. The van der Waals surface area contributed by atoms with Crippen molar-refractivity contribution >= 4 is 11.8 Å². The van der Waals surface area contributed by atoms with Crippen LogP contribution in [0.3, 0.4) is 0 Å². The molecule has 0 aromatic heterocycles. The summed E-state index contributed by atoms with van der Waals surface area (Å²) in [5.41, 5.74) is 0. The zero-order valence-electron chi connectivity index (χ0n) is 10.5. The summed E-state index contributed by atoms with van der Waals surface area (Å²) in [6.45, 7) is 4.26. The maximum Gasteiger partial charge on any atom is 0.573 e. The van der Waals surface area contributed by atoms with Gasteiger partial charge in [-0.15, -0.1) is 24.9 Å². The first-order valence-electron chi connectivity index (χ1n) is 5.93. The molecule has 1 aromatic carbocycles. The third-order valence-electron chi connectivity index (χ3n) is 2.36. The molecule has 0 saturated carbocycles. The van der Waals surface area contributed by atoms with Crippen molar-refractivity contribution in [2.45, 2.75) is 49.6 Å². The Balaban J connectivity index is 2.50. The van der Waals surface area contributed by atoms with Crippen LogP contribution in [-0.2, 0) is 0 Å². The second-order valence-electron chi connectivity index (χ2n) is 4.09. The largest absolute Gasteiger partial charge is 0.573 e. The fourth-order valence-corrected chi connectivity index (χ4v) is 2.55. The molecule has 0 bridgehead atoms. The van der Waals surface area contributed by atoms with Crippen molar-refractivity contribution in [2.75, 3.05) is 0 Å². The molecular formula is C13H17F3OS. The number of hydrogen-bond acceptors (Lipinski definition) is 2. The van der Waals surface area contributed by atoms with Gasteiger partial charge in [-0.25, -0.2) is 0 Å². The smallest absolute Gasteiger partial charge is 0.406 e. The third-order valence-corrected chi connectivity index (χ3v) is 3.54. The zero-order chi connectivity index (χ0) is 13.6. The Morgan fingerprint density at radius 2 is 1.83 bits per heavy atom. The van der Waals surface area contributed by atoms with Gasteiger partial charge in [0.1, 0.15) is 5.75 Å². The SMILES string of the molecule is CCCCC(C)Sc1ccc(OC(F)(F)F)cc1. The molecule has 18 heavy (non-hydrogen) atoms. The van der Waals surface area contributed by atoms with Crippen molar-refractivity contribution < 1.29 is 17.9 Å². The first kappa shape index (κ1) is 15.2. The summed E-state index contributed by atoms with van der Waals surface area (Å²) >= 11 is 1.67. The molecule has 5 heteroatoms. The number of unbranched alkanes of at least 4 members (excludes halogenated alkanes) is 1. The molecule has 1 unspecified atom stereocenters. The number of hydrogen-bond donors (Lipinski definition) is 0. The van der Waals surface area contributed by atoms with E-state index in [0.29, 0.717) is 5.25 Å². The van der Waals surface area contributed by atoms with Crippen LogP contribution >= 0.6 is 11.8 Å². The number of halogens is 3. The first-order valence-corrected chi connectivity index (χ1v) is 6.81. The van der Waals surface area contributed by atoms with Crippen LogP contribution in [0.5, 0.6) is 5.75 Å². The van der Waals surface area contributed by atoms with Crippen molar-refractivity contribution in [3.63, 3.8) is 0 Å². The molecule has 0 amide bonds. The molecule has 0 aliphatic carbocycles. The first-order chi connectivity index (χ1) is 8.40. The maximum absolute atomic E-state index is 12.0. The Hall–Kier alpha value is -0.840. The topological polar surface area (TPSA) is 9.23 Å². The van der Waals surface area contributed by atoms with Gasteiger partial charge in [0.05, 0.1) is 0 Å². The van der Waals surface area contributed by atoms with Gasteiger partial charge in [0.25, 0.3) is 0 Å². The van der Waals surface area contributed by atoms with E-state index < -0.39 is 6.36 Å². The Morgan fingerprint density at radius 3 is 2.33 bits per heavy atom. The second-order valence-corrected chi connectivity index (χ2v) is 5.60. The van der Waals surface area contributed by atoms with Crippen molar-refractivity contribution in [3.05, 3.63) is 24.3 Å². The Labute approximate surface area is 110 Å². The molecule has 1 atom stereocenters. The molecule has 0 saturated heterocycles. The van der Waals surface area contributed by atoms with E-state index in [4.69, 9.17) is 0 Å². The minimum atomic E-state index is -4.62. The summed E-state index contributed by atoms with van der Waals surface area (Å²) in [5.74, 6) is -0.173. The molecule has 0 radical (unpaired) electrons.